The highest BCUT2D eigenvalue weighted by Gasteiger charge is 2.28. The number of benzene rings is 8. The molecule has 0 aromatic heterocycles. The fraction of sp³-hybridized carbons (Fsp3) is 0.191. The average molecular weight is 1010 g/mol. The third-order valence-corrected chi connectivity index (χ3v) is 12.6. The van der Waals surface area contributed by atoms with Crippen LogP contribution in [0.2, 0.25) is 0 Å². The molecule has 0 radical (unpaired) electrons. The molecule has 0 heterocycles. The maximum Gasteiger partial charge on any atom is 0.335 e. The lowest BCUT2D eigenvalue weighted by molar-refractivity contribution is 0.0686. The second kappa shape index (κ2) is 24.5. The summed E-state index contributed by atoms with van der Waals surface area (Å²) < 4.78 is 12.8. The molecule has 1 unspecified atom stereocenters. The second-order valence-electron chi connectivity index (χ2n) is 20.8. The van der Waals surface area contributed by atoms with E-state index in [-0.39, 0.29) is 27.7 Å². The number of rotatable bonds is 14. The lowest BCUT2D eigenvalue weighted by Crippen LogP contribution is -2.16. The first-order chi connectivity index (χ1) is 36.2. The summed E-state index contributed by atoms with van der Waals surface area (Å²) in [5.74, 6) is 5.13. The summed E-state index contributed by atoms with van der Waals surface area (Å²) in [6.45, 7) is 17.8. The third-order valence-electron chi connectivity index (χ3n) is 12.6. The first-order valence-electron chi connectivity index (χ1n) is 25.2. The van der Waals surface area contributed by atoms with Gasteiger partial charge < -0.3 is 24.8 Å². The van der Waals surface area contributed by atoms with Crippen molar-refractivity contribution in [3.05, 3.63) is 255 Å². The largest absolute Gasteiger partial charge is 0.489 e. The minimum Gasteiger partial charge on any atom is -0.489 e. The number of aryl methyl sites for hydroxylation is 2. The number of carbonyl (C=O) groups excluding carboxylic acids is 1. The lowest BCUT2D eigenvalue weighted by atomic mass is 9.79. The SMILES string of the molecule is Cc1ccc(-c2cc(C(=O)/C=C/c3ccc(C(=O)O)cc3)cc(OCc3ccccc3)c2C(C)(C)C)cc1.Cc1ccc(-c2cc(C(O)C#Cc3ccc(C(=O)O)cc3)cc(OCc3ccccc3)c2C(C)(C)C)cc1. The number of carboxylic acid groups (broad SMARTS) is 2. The van der Waals surface area contributed by atoms with Crippen molar-refractivity contribution in [1.29, 1.82) is 0 Å². The van der Waals surface area contributed by atoms with Gasteiger partial charge in [-0.15, -0.1) is 0 Å². The molecule has 8 rings (SSSR count). The van der Waals surface area contributed by atoms with Crippen LogP contribution < -0.4 is 9.47 Å². The Hall–Kier alpha value is -8.77. The van der Waals surface area contributed by atoms with E-state index in [0.29, 0.717) is 41.4 Å². The summed E-state index contributed by atoms with van der Waals surface area (Å²) >= 11 is 0. The van der Waals surface area contributed by atoms with Gasteiger partial charge in [-0.2, -0.15) is 0 Å². The zero-order chi connectivity index (χ0) is 54.6. The van der Waals surface area contributed by atoms with E-state index < -0.39 is 18.0 Å². The van der Waals surface area contributed by atoms with E-state index in [9.17, 15) is 19.5 Å². The van der Waals surface area contributed by atoms with Crippen LogP contribution in [0.15, 0.2) is 188 Å². The molecule has 8 nitrogen and oxygen atoms in total. The molecular weight excluding hydrogens is 945 g/mol. The molecule has 0 aliphatic rings. The summed E-state index contributed by atoms with van der Waals surface area (Å²) in [5.41, 5.74) is 13.0. The topological polar surface area (TPSA) is 130 Å². The highest BCUT2D eigenvalue weighted by Crippen LogP contribution is 2.43. The Morgan fingerprint density at radius 3 is 1.41 bits per heavy atom. The highest BCUT2D eigenvalue weighted by atomic mass is 16.5. The molecule has 8 aromatic carbocycles. The molecule has 1 atom stereocenters. The Morgan fingerprint density at radius 2 is 0.961 bits per heavy atom. The molecular formula is C68H64O8. The molecule has 0 aliphatic heterocycles. The van der Waals surface area contributed by atoms with Crippen LogP contribution in [0.25, 0.3) is 28.3 Å². The fourth-order valence-electron chi connectivity index (χ4n) is 8.66. The molecule has 384 valence electrons. The van der Waals surface area contributed by atoms with Crippen molar-refractivity contribution in [2.75, 3.05) is 0 Å². The van der Waals surface area contributed by atoms with Gasteiger partial charge in [-0.3, -0.25) is 4.79 Å². The average Bonchev–Trinajstić information content (AvgIpc) is 3.41. The van der Waals surface area contributed by atoms with Crippen LogP contribution in [0.1, 0.15) is 129 Å². The molecule has 8 aromatic rings. The van der Waals surface area contributed by atoms with Crippen LogP contribution in [0, 0.1) is 25.7 Å². The van der Waals surface area contributed by atoms with Crippen LogP contribution >= 0.6 is 0 Å². The van der Waals surface area contributed by atoms with Crippen molar-refractivity contribution in [2.24, 2.45) is 0 Å². The molecule has 0 spiro atoms. The predicted octanol–water partition coefficient (Wildman–Crippen LogP) is 15.5. The minimum atomic E-state index is -1.06. The van der Waals surface area contributed by atoms with E-state index in [0.717, 1.165) is 55.6 Å². The first-order valence-corrected chi connectivity index (χ1v) is 25.2. The first kappa shape index (κ1) is 55.0. The number of hydrogen-bond acceptors (Lipinski definition) is 6. The van der Waals surface area contributed by atoms with Crippen LogP contribution in [-0.4, -0.2) is 33.0 Å². The summed E-state index contributed by atoms with van der Waals surface area (Å²) in [6, 6.07) is 57.0. The highest BCUT2D eigenvalue weighted by molar-refractivity contribution is 6.08. The van der Waals surface area contributed by atoms with Crippen molar-refractivity contribution in [2.45, 2.75) is 85.5 Å². The number of aliphatic hydroxyl groups is 1. The molecule has 0 amide bonds. The van der Waals surface area contributed by atoms with Crippen molar-refractivity contribution in [1.82, 2.24) is 0 Å². The van der Waals surface area contributed by atoms with Crippen LogP contribution in [0.4, 0.5) is 0 Å². The maximum absolute atomic E-state index is 13.4. The van der Waals surface area contributed by atoms with Gasteiger partial charge in [0.25, 0.3) is 0 Å². The van der Waals surface area contributed by atoms with Crippen LogP contribution in [0.5, 0.6) is 11.5 Å². The number of carboxylic acids is 2. The van der Waals surface area contributed by atoms with E-state index in [2.05, 4.69) is 116 Å². The zero-order valence-electron chi connectivity index (χ0n) is 44.3. The number of ketones is 1. The van der Waals surface area contributed by atoms with Gasteiger partial charge in [0.05, 0.1) is 11.1 Å². The van der Waals surface area contributed by atoms with E-state index in [1.165, 1.54) is 35.9 Å². The summed E-state index contributed by atoms with van der Waals surface area (Å²) in [6.07, 6.45) is 2.15. The lowest BCUT2D eigenvalue weighted by Gasteiger charge is -2.28. The Labute approximate surface area is 447 Å². The Balaban J connectivity index is 0.000000221. The van der Waals surface area contributed by atoms with Crippen molar-refractivity contribution in [3.8, 4) is 45.6 Å². The Kier molecular flexibility index (Phi) is 17.7. The number of aliphatic hydroxyl groups excluding tert-OH is 1. The van der Waals surface area contributed by atoms with Gasteiger partial charge in [0.2, 0.25) is 0 Å². The van der Waals surface area contributed by atoms with Crippen LogP contribution in [-0.2, 0) is 24.0 Å². The predicted molar refractivity (Wildman–Crippen MR) is 304 cm³/mol. The van der Waals surface area contributed by atoms with Gasteiger partial charge in [-0.1, -0.05) is 192 Å². The second-order valence-corrected chi connectivity index (χ2v) is 20.8. The molecule has 3 N–H and O–H groups in total. The standard InChI is InChI=1S/2C34H32O4/c2*1-23-10-15-26(16-11-23)29-20-28(30(35)19-14-24-12-17-27(18-13-24)33(36)37)21-31(32(29)34(2,3)4)38-22-25-8-6-5-7-9-25/h5-13,15-18,20-21,30,35H,22H2,1-4H3,(H,36,37);5-21H,22H2,1-4H3,(H,36,37)/b;19-14+. The minimum absolute atomic E-state index is 0.161. The molecule has 0 saturated heterocycles. The summed E-state index contributed by atoms with van der Waals surface area (Å²) in [7, 11) is 0. The van der Waals surface area contributed by atoms with Crippen molar-refractivity contribution >= 4 is 23.8 Å². The van der Waals surface area contributed by atoms with Gasteiger partial charge in [0.15, 0.2) is 5.78 Å². The van der Waals surface area contributed by atoms with Gasteiger partial charge >= 0.3 is 11.9 Å². The molecule has 0 fully saturated rings. The smallest absolute Gasteiger partial charge is 0.335 e. The summed E-state index contributed by atoms with van der Waals surface area (Å²) in [4.78, 5) is 35.6. The van der Waals surface area contributed by atoms with E-state index >= 15 is 0 Å². The van der Waals surface area contributed by atoms with Gasteiger partial charge in [0, 0.05) is 22.3 Å². The van der Waals surface area contributed by atoms with Crippen molar-refractivity contribution < 1.29 is 39.2 Å². The Morgan fingerprint density at radius 1 is 0.526 bits per heavy atom. The number of ether oxygens (including phenoxy) is 2. The van der Waals surface area contributed by atoms with Gasteiger partial charge in [-0.05, 0) is 136 Å². The fourth-order valence-corrected chi connectivity index (χ4v) is 8.66. The normalized spacial score (nSPS) is 11.6. The van der Waals surface area contributed by atoms with E-state index in [4.69, 9.17) is 19.7 Å². The molecule has 0 aliphatic carbocycles. The van der Waals surface area contributed by atoms with Gasteiger partial charge in [0.1, 0.15) is 30.8 Å². The quantitative estimate of drug-likeness (QED) is 0.0558. The summed E-state index contributed by atoms with van der Waals surface area (Å²) in [5, 5.41) is 29.3. The molecule has 0 bridgehead atoms. The number of allylic oxidation sites excluding steroid dienone is 1. The number of aromatic carboxylic acids is 2. The number of carbonyl (C=O) groups is 3. The Bertz CT molecular complexity index is 3390. The number of hydrogen-bond donors (Lipinski definition) is 3. The van der Waals surface area contributed by atoms with Crippen LogP contribution in [0.3, 0.4) is 0 Å². The molecule has 76 heavy (non-hydrogen) atoms. The zero-order valence-corrected chi connectivity index (χ0v) is 44.3. The molecule has 0 saturated carbocycles. The third kappa shape index (κ3) is 14.7. The van der Waals surface area contributed by atoms with Crippen molar-refractivity contribution in [3.63, 3.8) is 0 Å². The van der Waals surface area contributed by atoms with E-state index in [1.807, 2.05) is 84.9 Å². The van der Waals surface area contributed by atoms with E-state index in [1.54, 1.807) is 30.3 Å². The molecule has 8 heteroatoms. The maximum atomic E-state index is 13.4. The van der Waals surface area contributed by atoms with Gasteiger partial charge in [-0.25, -0.2) is 9.59 Å². The monoisotopic (exact) mass is 1010 g/mol.